The Morgan fingerprint density at radius 1 is 0.900 bits per heavy atom. The lowest BCUT2D eigenvalue weighted by molar-refractivity contribution is 0.410. The minimum atomic E-state index is -1.63. The summed E-state index contributed by atoms with van der Waals surface area (Å²) < 4.78 is 58.3. The highest BCUT2D eigenvalue weighted by Gasteiger charge is 2.21. The molecule has 2 N–H and O–H groups in total. The van der Waals surface area contributed by atoms with Crippen LogP contribution in [0.25, 0.3) is 0 Å². The van der Waals surface area contributed by atoms with E-state index >= 15 is 0 Å². The summed E-state index contributed by atoms with van der Waals surface area (Å²) in [5.41, 5.74) is 5.35. The summed E-state index contributed by atoms with van der Waals surface area (Å²) in [6.07, 6.45) is 0. The zero-order valence-electron chi connectivity index (χ0n) is 10.5. The van der Waals surface area contributed by atoms with Crippen molar-refractivity contribution in [2.75, 3.05) is 7.11 Å². The highest BCUT2D eigenvalue weighted by atomic mass is 19.2. The number of benzene rings is 2. The van der Waals surface area contributed by atoms with Crippen molar-refractivity contribution in [3.8, 4) is 5.75 Å². The second kappa shape index (κ2) is 5.50. The van der Waals surface area contributed by atoms with Gasteiger partial charge < -0.3 is 10.5 Å². The molecule has 0 spiro atoms. The Bertz CT molecular complexity index is 645. The van der Waals surface area contributed by atoms with Gasteiger partial charge in [-0.3, -0.25) is 0 Å². The van der Waals surface area contributed by atoms with Gasteiger partial charge in [0.1, 0.15) is 11.6 Å². The Morgan fingerprint density at radius 2 is 1.55 bits per heavy atom. The van der Waals surface area contributed by atoms with Gasteiger partial charge in [0.25, 0.3) is 0 Å². The minimum absolute atomic E-state index is 0.0456. The third-order valence-corrected chi connectivity index (χ3v) is 2.94. The maximum Gasteiger partial charge on any atom is 0.194 e. The van der Waals surface area contributed by atoms with Gasteiger partial charge in [0.2, 0.25) is 0 Å². The maximum absolute atomic E-state index is 13.8. The first kappa shape index (κ1) is 14.3. The first-order valence-corrected chi connectivity index (χ1v) is 5.68. The van der Waals surface area contributed by atoms with Gasteiger partial charge in [0.05, 0.1) is 13.2 Å². The van der Waals surface area contributed by atoms with Crippen molar-refractivity contribution in [2.24, 2.45) is 5.73 Å². The average Bonchev–Trinajstić information content (AvgIpc) is 2.44. The number of nitrogens with two attached hydrogens (primary N) is 1. The monoisotopic (exact) mass is 285 g/mol. The lowest BCUT2D eigenvalue weighted by Gasteiger charge is -2.15. The molecule has 0 saturated heterocycles. The summed E-state index contributed by atoms with van der Waals surface area (Å²) in [4.78, 5) is 0. The van der Waals surface area contributed by atoms with E-state index in [-0.39, 0.29) is 16.9 Å². The lowest BCUT2D eigenvalue weighted by Crippen LogP contribution is -2.16. The molecule has 0 radical (unpaired) electrons. The number of ether oxygens (including phenoxy) is 1. The lowest BCUT2D eigenvalue weighted by atomic mass is 9.98. The van der Waals surface area contributed by atoms with E-state index in [0.29, 0.717) is 0 Å². The van der Waals surface area contributed by atoms with Crippen LogP contribution in [0.4, 0.5) is 17.6 Å². The third-order valence-electron chi connectivity index (χ3n) is 2.94. The molecule has 6 heteroatoms. The predicted molar refractivity (Wildman–Crippen MR) is 65.3 cm³/mol. The van der Waals surface area contributed by atoms with E-state index < -0.39 is 29.3 Å². The Labute approximate surface area is 112 Å². The SMILES string of the molecule is COc1ccc(C(N)c2ccc(F)c(F)c2F)c(F)c1. The van der Waals surface area contributed by atoms with Gasteiger partial charge in [-0.2, -0.15) is 0 Å². The first-order valence-electron chi connectivity index (χ1n) is 5.68. The summed E-state index contributed by atoms with van der Waals surface area (Å²) in [6, 6.07) is 4.30. The smallest absolute Gasteiger partial charge is 0.194 e. The van der Waals surface area contributed by atoms with Gasteiger partial charge in [0.15, 0.2) is 17.5 Å². The number of methoxy groups -OCH3 is 1. The van der Waals surface area contributed by atoms with Gasteiger partial charge in [0, 0.05) is 17.2 Å². The Morgan fingerprint density at radius 3 is 2.15 bits per heavy atom. The van der Waals surface area contributed by atoms with Crippen molar-refractivity contribution in [3.05, 3.63) is 64.7 Å². The van der Waals surface area contributed by atoms with E-state index in [4.69, 9.17) is 10.5 Å². The van der Waals surface area contributed by atoms with Crippen LogP contribution in [0.15, 0.2) is 30.3 Å². The molecule has 2 aromatic rings. The second-order valence-corrected chi connectivity index (χ2v) is 4.13. The molecule has 2 nitrogen and oxygen atoms in total. The van der Waals surface area contributed by atoms with Gasteiger partial charge >= 0.3 is 0 Å². The van der Waals surface area contributed by atoms with Crippen molar-refractivity contribution < 1.29 is 22.3 Å². The molecule has 0 aromatic heterocycles. The maximum atomic E-state index is 13.8. The van der Waals surface area contributed by atoms with Gasteiger partial charge in [-0.1, -0.05) is 12.1 Å². The summed E-state index contributed by atoms with van der Waals surface area (Å²) in [6.45, 7) is 0. The van der Waals surface area contributed by atoms with Gasteiger partial charge in [-0.05, 0) is 12.1 Å². The zero-order valence-corrected chi connectivity index (χ0v) is 10.5. The Hall–Kier alpha value is -2.08. The molecule has 20 heavy (non-hydrogen) atoms. The normalized spacial score (nSPS) is 12.3. The molecule has 0 amide bonds. The van der Waals surface area contributed by atoms with Crippen LogP contribution in [0.5, 0.6) is 5.75 Å². The van der Waals surface area contributed by atoms with Gasteiger partial charge in [-0.25, -0.2) is 17.6 Å². The van der Waals surface area contributed by atoms with Crippen molar-refractivity contribution >= 4 is 0 Å². The topological polar surface area (TPSA) is 35.2 Å². The van der Waals surface area contributed by atoms with Crippen molar-refractivity contribution in [2.45, 2.75) is 6.04 Å². The number of rotatable bonds is 3. The Balaban J connectivity index is 2.46. The molecule has 0 aliphatic rings. The van der Waals surface area contributed by atoms with Crippen LogP contribution in [0.3, 0.4) is 0 Å². The number of hydrogen-bond acceptors (Lipinski definition) is 2. The van der Waals surface area contributed by atoms with Crippen molar-refractivity contribution in [1.82, 2.24) is 0 Å². The fraction of sp³-hybridized carbons (Fsp3) is 0.143. The number of halogens is 4. The largest absolute Gasteiger partial charge is 0.497 e. The average molecular weight is 285 g/mol. The summed E-state index contributed by atoms with van der Waals surface area (Å²) >= 11 is 0. The molecule has 1 atom stereocenters. The molecule has 0 aliphatic carbocycles. The fourth-order valence-corrected chi connectivity index (χ4v) is 1.84. The fourth-order valence-electron chi connectivity index (χ4n) is 1.84. The second-order valence-electron chi connectivity index (χ2n) is 4.13. The molecule has 1 unspecified atom stereocenters. The molecular weight excluding hydrogens is 274 g/mol. The van der Waals surface area contributed by atoms with E-state index in [1.54, 1.807) is 0 Å². The third kappa shape index (κ3) is 2.46. The quantitative estimate of drug-likeness (QED) is 0.693. The van der Waals surface area contributed by atoms with E-state index in [0.717, 1.165) is 18.2 Å². The van der Waals surface area contributed by atoms with Crippen LogP contribution >= 0.6 is 0 Å². The van der Waals surface area contributed by atoms with Crippen LogP contribution in [-0.2, 0) is 0 Å². The molecule has 2 rings (SSSR count). The molecule has 0 aliphatic heterocycles. The molecule has 0 fully saturated rings. The van der Waals surface area contributed by atoms with Gasteiger partial charge in [-0.15, -0.1) is 0 Å². The summed E-state index contributed by atoms with van der Waals surface area (Å²) in [5.74, 6) is -4.83. The standard InChI is InChI=1S/C14H11F4NO/c1-20-7-2-3-8(11(16)6-7)14(19)9-4-5-10(15)13(18)12(9)17/h2-6,14H,19H2,1H3. The highest BCUT2D eigenvalue weighted by molar-refractivity contribution is 5.37. The van der Waals surface area contributed by atoms with E-state index in [1.165, 1.54) is 19.2 Å². The van der Waals surface area contributed by atoms with E-state index in [2.05, 4.69) is 0 Å². The molecule has 2 aromatic carbocycles. The van der Waals surface area contributed by atoms with Crippen LogP contribution in [-0.4, -0.2) is 7.11 Å². The minimum Gasteiger partial charge on any atom is -0.497 e. The van der Waals surface area contributed by atoms with Crippen LogP contribution in [0.2, 0.25) is 0 Å². The molecule has 0 saturated carbocycles. The van der Waals surface area contributed by atoms with E-state index in [1.807, 2.05) is 0 Å². The zero-order chi connectivity index (χ0) is 14.9. The Kier molecular flexibility index (Phi) is 3.94. The van der Waals surface area contributed by atoms with E-state index in [9.17, 15) is 17.6 Å². The van der Waals surface area contributed by atoms with Crippen molar-refractivity contribution in [3.63, 3.8) is 0 Å². The predicted octanol–water partition coefficient (Wildman–Crippen LogP) is 3.30. The molecule has 106 valence electrons. The summed E-state index contributed by atoms with van der Waals surface area (Å²) in [5, 5.41) is 0. The van der Waals surface area contributed by atoms with Crippen LogP contribution in [0.1, 0.15) is 17.2 Å². The summed E-state index contributed by atoms with van der Waals surface area (Å²) in [7, 11) is 1.36. The number of hydrogen-bond donors (Lipinski definition) is 1. The molecule has 0 bridgehead atoms. The highest BCUT2D eigenvalue weighted by Crippen LogP contribution is 2.28. The van der Waals surface area contributed by atoms with Crippen LogP contribution in [0, 0.1) is 23.3 Å². The van der Waals surface area contributed by atoms with Crippen molar-refractivity contribution in [1.29, 1.82) is 0 Å². The van der Waals surface area contributed by atoms with Crippen LogP contribution < -0.4 is 10.5 Å². The molecule has 0 heterocycles. The first-order chi connectivity index (χ1) is 9.45. The molecular formula is C14H11F4NO.